The summed E-state index contributed by atoms with van der Waals surface area (Å²) in [6, 6.07) is 10.8. The van der Waals surface area contributed by atoms with Gasteiger partial charge in [-0.2, -0.15) is 5.26 Å². The van der Waals surface area contributed by atoms with Crippen LogP contribution in [0.25, 0.3) is 10.9 Å². The number of carboxylic acids is 1. The summed E-state index contributed by atoms with van der Waals surface area (Å²) in [4.78, 5) is 17.5. The van der Waals surface area contributed by atoms with Crippen LogP contribution in [0.1, 0.15) is 23.7 Å². The molecule has 5 nitrogen and oxygen atoms in total. The van der Waals surface area contributed by atoms with Crippen molar-refractivity contribution in [2.45, 2.75) is 19.4 Å². The van der Waals surface area contributed by atoms with Crippen molar-refractivity contribution in [3.05, 3.63) is 35.9 Å². The third-order valence-electron chi connectivity index (χ3n) is 3.36. The summed E-state index contributed by atoms with van der Waals surface area (Å²) in [5.41, 5.74) is 0.882. The number of nitriles is 1. The molecule has 2 rings (SSSR count). The number of aromatic nitrogens is 1. The highest BCUT2D eigenvalue weighted by atomic mass is 16.4. The lowest BCUT2D eigenvalue weighted by molar-refractivity contribution is 0.0699. The van der Waals surface area contributed by atoms with Crippen molar-refractivity contribution in [1.29, 1.82) is 5.26 Å². The van der Waals surface area contributed by atoms with Gasteiger partial charge >= 0.3 is 5.97 Å². The zero-order valence-electron chi connectivity index (χ0n) is 11.4. The quantitative estimate of drug-likeness (QED) is 0.923. The molecule has 0 amide bonds. The third kappa shape index (κ3) is 2.54. The van der Waals surface area contributed by atoms with Crippen molar-refractivity contribution in [2.75, 3.05) is 11.9 Å². The maximum Gasteiger partial charge on any atom is 0.336 e. The number of hydrogen-bond acceptors (Lipinski definition) is 4. The molecule has 0 bridgehead atoms. The molecular formula is C15H15N3O2. The van der Waals surface area contributed by atoms with E-state index >= 15 is 0 Å². The molecule has 5 heteroatoms. The summed E-state index contributed by atoms with van der Waals surface area (Å²) >= 11 is 0. The van der Waals surface area contributed by atoms with E-state index in [0.717, 1.165) is 5.82 Å². The molecule has 1 N–H and O–H groups in total. The van der Waals surface area contributed by atoms with E-state index in [2.05, 4.69) is 11.1 Å². The van der Waals surface area contributed by atoms with Crippen LogP contribution in [0.4, 0.5) is 5.82 Å². The van der Waals surface area contributed by atoms with Crippen molar-refractivity contribution >= 4 is 22.7 Å². The Morgan fingerprint density at radius 1 is 1.45 bits per heavy atom. The van der Waals surface area contributed by atoms with Crippen molar-refractivity contribution in [3.63, 3.8) is 0 Å². The van der Waals surface area contributed by atoms with E-state index in [4.69, 9.17) is 10.4 Å². The van der Waals surface area contributed by atoms with Crippen LogP contribution in [0.15, 0.2) is 30.3 Å². The van der Waals surface area contributed by atoms with Gasteiger partial charge in [0.15, 0.2) is 0 Å². The van der Waals surface area contributed by atoms with Gasteiger partial charge in [0.25, 0.3) is 0 Å². The molecule has 0 fully saturated rings. The zero-order valence-corrected chi connectivity index (χ0v) is 11.4. The number of fused-ring (bicyclic) bond motifs is 1. The van der Waals surface area contributed by atoms with Crippen LogP contribution in [0, 0.1) is 11.3 Å². The fourth-order valence-electron chi connectivity index (χ4n) is 2.02. The van der Waals surface area contributed by atoms with Gasteiger partial charge in [0.1, 0.15) is 5.82 Å². The van der Waals surface area contributed by atoms with Gasteiger partial charge in [-0.15, -0.1) is 0 Å². The van der Waals surface area contributed by atoms with Crippen LogP contribution >= 0.6 is 0 Å². The highest BCUT2D eigenvalue weighted by Gasteiger charge is 2.13. The smallest absolute Gasteiger partial charge is 0.336 e. The minimum Gasteiger partial charge on any atom is -0.478 e. The van der Waals surface area contributed by atoms with Gasteiger partial charge in [0.05, 0.1) is 23.6 Å². The van der Waals surface area contributed by atoms with E-state index in [1.807, 2.05) is 18.9 Å². The van der Waals surface area contributed by atoms with Gasteiger partial charge in [-0.05, 0) is 31.2 Å². The van der Waals surface area contributed by atoms with Crippen molar-refractivity contribution in [2.24, 2.45) is 0 Å². The Kier molecular flexibility index (Phi) is 3.85. The fraction of sp³-hybridized carbons (Fsp3) is 0.267. The number of nitrogens with zero attached hydrogens (tertiary/aromatic N) is 3. The monoisotopic (exact) mass is 269 g/mol. The second-order valence-electron chi connectivity index (χ2n) is 4.67. The predicted molar refractivity (Wildman–Crippen MR) is 76.8 cm³/mol. The summed E-state index contributed by atoms with van der Waals surface area (Å²) < 4.78 is 0. The number of benzene rings is 1. The number of carbonyl (C=O) groups is 1. The van der Waals surface area contributed by atoms with E-state index in [1.165, 1.54) is 0 Å². The first-order valence-electron chi connectivity index (χ1n) is 6.27. The van der Waals surface area contributed by atoms with Crippen LogP contribution < -0.4 is 4.90 Å². The van der Waals surface area contributed by atoms with Gasteiger partial charge in [-0.1, -0.05) is 6.07 Å². The minimum absolute atomic E-state index is 0.0487. The first-order chi connectivity index (χ1) is 9.54. The molecular weight excluding hydrogens is 254 g/mol. The summed E-state index contributed by atoms with van der Waals surface area (Å²) in [7, 11) is 1.87. The van der Waals surface area contributed by atoms with Gasteiger partial charge in [0.2, 0.25) is 0 Å². The standard InChI is InChI=1S/C15H15N3O2/c1-10(8-9-16)18(2)14-7-6-11-12(15(19)20)4-3-5-13(11)17-14/h3-7,10H,8H2,1-2H3,(H,19,20). The Labute approximate surface area is 117 Å². The molecule has 0 saturated carbocycles. The maximum atomic E-state index is 11.2. The molecule has 0 spiro atoms. The minimum atomic E-state index is -0.962. The molecule has 1 aromatic heterocycles. The molecule has 1 aromatic carbocycles. The lowest BCUT2D eigenvalue weighted by atomic mass is 10.1. The SMILES string of the molecule is CC(CC#N)N(C)c1ccc2c(C(=O)O)cccc2n1. The summed E-state index contributed by atoms with van der Waals surface area (Å²) in [5.74, 6) is -0.237. The van der Waals surface area contributed by atoms with Crippen molar-refractivity contribution in [1.82, 2.24) is 4.98 Å². The topological polar surface area (TPSA) is 77.2 Å². The van der Waals surface area contributed by atoms with E-state index in [9.17, 15) is 4.79 Å². The number of pyridine rings is 1. The largest absolute Gasteiger partial charge is 0.478 e. The molecule has 1 unspecified atom stereocenters. The molecule has 102 valence electrons. The molecule has 0 saturated heterocycles. The molecule has 0 aliphatic rings. The molecule has 0 aliphatic heterocycles. The average Bonchev–Trinajstić information content (AvgIpc) is 2.45. The number of carboxylic acid groups (broad SMARTS) is 1. The van der Waals surface area contributed by atoms with Gasteiger partial charge in [-0.25, -0.2) is 9.78 Å². The van der Waals surface area contributed by atoms with E-state index in [1.54, 1.807) is 30.3 Å². The van der Waals surface area contributed by atoms with Crippen LogP contribution in [-0.4, -0.2) is 29.1 Å². The van der Waals surface area contributed by atoms with Crippen LogP contribution in [-0.2, 0) is 0 Å². The Balaban J connectivity index is 2.45. The lowest BCUT2D eigenvalue weighted by Crippen LogP contribution is -2.29. The Morgan fingerprint density at radius 3 is 2.85 bits per heavy atom. The third-order valence-corrected chi connectivity index (χ3v) is 3.36. The second kappa shape index (κ2) is 5.57. The predicted octanol–water partition coefficient (Wildman–Crippen LogP) is 2.67. The number of rotatable bonds is 4. The Hall–Kier alpha value is -2.61. The van der Waals surface area contributed by atoms with Crippen molar-refractivity contribution in [3.8, 4) is 6.07 Å². The molecule has 1 heterocycles. The van der Waals surface area contributed by atoms with Gasteiger partial charge in [-0.3, -0.25) is 0 Å². The molecule has 1 atom stereocenters. The fourth-order valence-corrected chi connectivity index (χ4v) is 2.02. The zero-order chi connectivity index (χ0) is 14.7. The van der Waals surface area contributed by atoms with Crippen LogP contribution in [0.2, 0.25) is 0 Å². The van der Waals surface area contributed by atoms with Crippen LogP contribution in [0.5, 0.6) is 0 Å². The molecule has 2 aromatic rings. The summed E-state index contributed by atoms with van der Waals surface area (Å²) in [6.45, 7) is 1.95. The summed E-state index contributed by atoms with van der Waals surface area (Å²) in [6.07, 6.45) is 0.408. The highest BCUT2D eigenvalue weighted by molar-refractivity contribution is 6.02. The highest BCUT2D eigenvalue weighted by Crippen LogP contribution is 2.22. The van der Waals surface area contributed by atoms with Crippen LogP contribution in [0.3, 0.4) is 0 Å². The average molecular weight is 269 g/mol. The lowest BCUT2D eigenvalue weighted by Gasteiger charge is -2.24. The maximum absolute atomic E-state index is 11.2. The first-order valence-corrected chi connectivity index (χ1v) is 6.27. The normalized spacial score (nSPS) is 11.8. The molecule has 0 aliphatic carbocycles. The van der Waals surface area contributed by atoms with Crippen molar-refractivity contribution < 1.29 is 9.90 Å². The van der Waals surface area contributed by atoms with E-state index < -0.39 is 5.97 Å². The van der Waals surface area contributed by atoms with E-state index in [0.29, 0.717) is 17.3 Å². The number of hydrogen-bond donors (Lipinski definition) is 1. The number of anilines is 1. The van der Waals surface area contributed by atoms with Gasteiger partial charge in [0, 0.05) is 18.5 Å². The Bertz CT molecular complexity index is 691. The molecule has 0 radical (unpaired) electrons. The first kappa shape index (κ1) is 13.8. The molecule has 20 heavy (non-hydrogen) atoms. The van der Waals surface area contributed by atoms with Gasteiger partial charge < -0.3 is 10.0 Å². The Morgan fingerprint density at radius 2 is 2.20 bits per heavy atom. The number of aromatic carboxylic acids is 1. The van der Waals surface area contributed by atoms with E-state index in [-0.39, 0.29) is 11.6 Å². The second-order valence-corrected chi connectivity index (χ2v) is 4.67. The summed E-state index contributed by atoms with van der Waals surface area (Å²) in [5, 5.41) is 18.5.